The van der Waals surface area contributed by atoms with Crippen LogP contribution in [0.2, 0.25) is 0 Å². The highest BCUT2D eigenvalue weighted by Gasteiger charge is 2.27. The van der Waals surface area contributed by atoms with Crippen molar-refractivity contribution in [3.8, 4) is 0 Å². The summed E-state index contributed by atoms with van der Waals surface area (Å²) in [6.07, 6.45) is 0.566. The van der Waals surface area contributed by atoms with Gasteiger partial charge in [0.05, 0.1) is 13.0 Å². The number of rotatable bonds is 6. The third-order valence-corrected chi connectivity index (χ3v) is 2.38. The van der Waals surface area contributed by atoms with Crippen molar-refractivity contribution in [2.75, 3.05) is 6.54 Å². The first-order valence-corrected chi connectivity index (χ1v) is 5.86. The minimum atomic E-state index is -4.17. The van der Waals surface area contributed by atoms with Gasteiger partial charge in [0.2, 0.25) is 0 Å². The average molecular weight is 259 g/mol. The average Bonchev–Trinajstić information content (AvgIpc) is 2.24. The van der Waals surface area contributed by atoms with E-state index in [4.69, 9.17) is 0 Å². The number of aliphatic imine (C=N–C) groups is 1. The molecule has 0 heterocycles. The molecule has 102 valence electrons. The molecule has 0 aliphatic heterocycles. The molecular weight excluding hydrogens is 239 g/mol. The van der Waals surface area contributed by atoms with Crippen molar-refractivity contribution in [3.63, 3.8) is 0 Å². The molecule has 0 unspecified atom stereocenters. The number of hydrogen-bond donors (Lipinski definition) is 0. The predicted octanol–water partition coefficient (Wildman–Crippen LogP) is 4.87. The molecule has 0 aromatic rings. The van der Waals surface area contributed by atoms with Crippen molar-refractivity contribution in [3.05, 3.63) is 35.5 Å². The molecule has 0 aromatic carbocycles. The Morgan fingerprint density at radius 1 is 1.28 bits per heavy atom. The van der Waals surface area contributed by atoms with Gasteiger partial charge in [-0.3, -0.25) is 4.99 Å². The van der Waals surface area contributed by atoms with E-state index in [1.165, 1.54) is 6.92 Å². The summed E-state index contributed by atoms with van der Waals surface area (Å²) in [5.41, 5.74) is 2.02. The van der Waals surface area contributed by atoms with Gasteiger partial charge < -0.3 is 0 Å². The Morgan fingerprint density at radius 2 is 1.89 bits per heavy atom. The van der Waals surface area contributed by atoms with E-state index in [0.717, 1.165) is 17.6 Å². The number of allylic oxidation sites excluding steroid dienone is 3. The third-order valence-electron chi connectivity index (χ3n) is 2.38. The standard InChI is InChI=1S/C14H20F3N/c1-5-12(6-2)13(10-18-7-3)8-11(4)9-14(15,16)17/h5,7-8H,1,6,9-10H2,2-4H3/b11-8+,13-12-,18-7?. The van der Waals surface area contributed by atoms with Gasteiger partial charge in [-0.15, -0.1) is 0 Å². The Kier molecular flexibility index (Phi) is 7.32. The lowest BCUT2D eigenvalue weighted by Crippen LogP contribution is -2.07. The molecule has 0 N–H and O–H groups in total. The lowest BCUT2D eigenvalue weighted by atomic mass is 10.0. The molecule has 0 spiro atoms. The predicted molar refractivity (Wildman–Crippen MR) is 71.0 cm³/mol. The first-order valence-electron chi connectivity index (χ1n) is 5.86. The van der Waals surface area contributed by atoms with Crippen molar-refractivity contribution in [2.45, 2.75) is 39.8 Å². The largest absolute Gasteiger partial charge is 0.392 e. The van der Waals surface area contributed by atoms with Gasteiger partial charge in [0, 0.05) is 0 Å². The molecule has 0 rings (SSSR count). The van der Waals surface area contributed by atoms with Crippen molar-refractivity contribution in [2.24, 2.45) is 4.99 Å². The molecule has 0 aliphatic carbocycles. The quantitative estimate of drug-likeness (QED) is 0.476. The van der Waals surface area contributed by atoms with Gasteiger partial charge in [-0.05, 0) is 37.6 Å². The summed E-state index contributed by atoms with van der Waals surface area (Å²) in [7, 11) is 0. The summed E-state index contributed by atoms with van der Waals surface area (Å²) in [4.78, 5) is 4.08. The fourth-order valence-corrected chi connectivity index (χ4v) is 1.60. The molecule has 18 heavy (non-hydrogen) atoms. The highest BCUT2D eigenvalue weighted by Crippen LogP contribution is 2.25. The molecule has 4 heteroatoms. The van der Waals surface area contributed by atoms with Gasteiger partial charge in [0.25, 0.3) is 0 Å². The second-order valence-electron chi connectivity index (χ2n) is 3.99. The van der Waals surface area contributed by atoms with Crippen LogP contribution in [0.25, 0.3) is 0 Å². The van der Waals surface area contributed by atoms with E-state index in [1.54, 1.807) is 25.3 Å². The Bertz CT molecular complexity index is 360. The van der Waals surface area contributed by atoms with Crippen LogP contribution < -0.4 is 0 Å². The molecule has 0 atom stereocenters. The first-order chi connectivity index (χ1) is 8.34. The van der Waals surface area contributed by atoms with Crippen LogP contribution in [0.5, 0.6) is 0 Å². The van der Waals surface area contributed by atoms with E-state index < -0.39 is 12.6 Å². The number of halogens is 3. The summed E-state index contributed by atoms with van der Waals surface area (Å²) >= 11 is 0. The van der Waals surface area contributed by atoms with Crippen LogP contribution in [0.1, 0.15) is 33.6 Å². The molecule has 0 saturated carbocycles. The van der Waals surface area contributed by atoms with Gasteiger partial charge in [-0.1, -0.05) is 31.2 Å². The highest BCUT2D eigenvalue weighted by molar-refractivity contribution is 5.54. The van der Waals surface area contributed by atoms with Gasteiger partial charge in [-0.2, -0.15) is 13.2 Å². The Hall–Kier alpha value is -1.32. The molecule has 0 aliphatic rings. The monoisotopic (exact) mass is 259 g/mol. The Balaban J connectivity index is 5.16. The fraction of sp³-hybridized carbons (Fsp3) is 0.500. The van der Waals surface area contributed by atoms with Crippen LogP contribution in [-0.4, -0.2) is 18.9 Å². The molecule has 0 bridgehead atoms. The molecule has 0 saturated heterocycles. The molecular formula is C14H20F3N. The van der Waals surface area contributed by atoms with Crippen LogP contribution in [0.4, 0.5) is 13.2 Å². The summed E-state index contributed by atoms with van der Waals surface area (Å²) in [6, 6.07) is 0. The van der Waals surface area contributed by atoms with Crippen LogP contribution in [0.15, 0.2) is 40.4 Å². The van der Waals surface area contributed by atoms with Gasteiger partial charge in [0.1, 0.15) is 0 Å². The second kappa shape index (κ2) is 7.90. The molecule has 1 nitrogen and oxygen atoms in total. The summed E-state index contributed by atoms with van der Waals surface area (Å²) in [6.45, 7) is 9.28. The normalized spacial score (nSPS) is 14.9. The van der Waals surface area contributed by atoms with Crippen molar-refractivity contribution < 1.29 is 13.2 Å². The number of nitrogens with zero attached hydrogens (tertiary/aromatic N) is 1. The molecule has 0 radical (unpaired) electrons. The van der Waals surface area contributed by atoms with Crippen LogP contribution in [-0.2, 0) is 0 Å². The van der Waals surface area contributed by atoms with Gasteiger partial charge >= 0.3 is 6.18 Å². The maximum atomic E-state index is 12.3. The summed E-state index contributed by atoms with van der Waals surface area (Å²) < 4.78 is 36.8. The van der Waals surface area contributed by atoms with Crippen LogP contribution in [0.3, 0.4) is 0 Å². The Morgan fingerprint density at radius 3 is 2.28 bits per heavy atom. The minimum absolute atomic E-state index is 0.289. The van der Waals surface area contributed by atoms with E-state index in [1.807, 2.05) is 6.92 Å². The zero-order valence-electron chi connectivity index (χ0n) is 11.1. The number of hydrogen-bond acceptors (Lipinski definition) is 1. The van der Waals surface area contributed by atoms with E-state index in [9.17, 15) is 13.2 Å². The topological polar surface area (TPSA) is 12.4 Å². The molecule has 0 aromatic heterocycles. The van der Waals surface area contributed by atoms with Crippen LogP contribution >= 0.6 is 0 Å². The maximum absolute atomic E-state index is 12.3. The van der Waals surface area contributed by atoms with Gasteiger partial charge in [0.15, 0.2) is 0 Å². The van der Waals surface area contributed by atoms with Crippen LogP contribution in [0, 0.1) is 0 Å². The SMILES string of the molecule is C=C/C(CC)=C(\C=C(/C)CC(F)(F)F)CN=CC. The van der Waals surface area contributed by atoms with Crippen molar-refractivity contribution in [1.82, 2.24) is 0 Å². The maximum Gasteiger partial charge on any atom is 0.392 e. The highest BCUT2D eigenvalue weighted by atomic mass is 19.4. The summed E-state index contributed by atoms with van der Waals surface area (Å²) in [5.74, 6) is 0. The van der Waals surface area contributed by atoms with Crippen molar-refractivity contribution >= 4 is 6.21 Å². The first kappa shape index (κ1) is 16.7. The van der Waals surface area contributed by atoms with E-state index in [-0.39, 0.29) is 5.57 Å². The fourth-order valence-electron chi connectivity index (χ4n) is 1.60. The van der Waals surface area contributed by atoms with Gasteiger partial charge in [-0.25, -0.2) is 0 Å². The molecule has 0 fully saturated rings. The lowest BCUT2D eigenvalue weighted by Gasteiger charge is -2.09. The van der Waals surface area contributed by atoms with E-state index in [2.05, 4.69) is 11.6 Å². The molecule has 0 amide bonds. The number of alkyl halides is 3. The van der Waals surface area contributed by atoms with Crippen molar-refractivity contribution in [1.29, 1.82) is 0 Å². The van der Waals surface area contributed by atoms with E-state index >= 15 is 0 Å². The van der Waals surface area contributed by atoms with E-state index in [0.29, 0.717) is 6.54 Å². The lowest BCUT2D eigenvalue weighted by molar-refractivity contribution is -0.127. The smallest absolute Gasteiger partial charge is 0.293 e. The third kappa shape index (κ3) is 7.09. The Labute approximate surface area is 107 Å². The minimum Gasteiger partial charge on any atom is -0.293 e. The summed E-state index contributed by atoms with van der Waals surface area (Å²) in [5, 5.41) is 0. The zero-order chi connectivity index (χ0) is 14.2. The zero-order valence-corrected chi connectivity index (χ0v) is 11.1. The second-order valence-corrected chi connectivity index (χ2v) is 3.99.